The molecule has 3 rings (SSSR count). The number of rotatable bonds is 7. The van der Waals surface area contributed by atoms with Gasteiger partial charge in [0, 0.05) is 41.0 Å². The minimum Gasteiger partial charge on any atom is -0.463 e. The zero-order chi connectivity index (χ0) is 19.9. The molecular formula is C22H20Cl2N2O2. The molecule has 0 spiro atoms. The third-order valence-corrected chi connectivity index (χ3v) is 4.54. The Hall–Kier alpha value is -2.56. The lowest BCUT2D eigenvalue weighted by Gasteiger charge is -2.10. The highest BCUT2D eigenvalue weighted by Crippen LogP contribution is 2.21. The second kappa shape index (κ2) is 9.58. The van der Waals surface area contributed by atoms with Gasteiger partial charge in [-0.2, -0.15) is 0 Å². The summed E-state index contributed by atoms with van der Waals surface area (Å²) in [5, 5.41) is 1.16. The first-order valence-electron chi connectivity index (χ1n) is 8.93. The van der Waals surface area contributed by atoms with Crippen molar-refractivity contribution in [2.24, 2.45) is 0 Å². The standard InChI is InChI=1S/C22H20Cl2N2O2/c1-2-28-22(27)18(10-16-6-4-3-5-7-16)13-21-25-8-9-26(21)15-17-11-19(23)14-20(24)12-17/h3-9,11-14H,2,10,15H2,1H3/b18-13+. The number of imidazole rings is 1. The van der Waals surface area contributed by atoms with E-state index in [9.17, 15) is 4.79 Å². The molecule has 1 aromatic heterocycles. The third kappa shape index (κ3) is 5.47. The van der Waals surface area contributed by atoms with Gasteiger partial charge in [-0.25, -0.2) is 9.78 Å². The zero-order valence-electron chi connectivity index (χ0n) is 15.4. The molecule has 3 aromatic rings. The fourth-order valence-electron chi connectivity index (χ4n) is 2.87. The summed E-state index contributed by atoms with van der Waals surface area (Å²) in [5.41, 5.74) is 2.53. The molecule has 144 valence electrons. The van der Waals surface area contributed by atoms with Gasteiger partial charge < -0.3 is 9.30 Å². The van der Waals surface area contributed by atoms with Crippen molar-refractivity contribution in [1.82, 2.24) is 9.55 Å². The van der Waals surface area contributed by atoms with Gasteiger partial charge in [0.2, 0.25) is 0 Å². The maximum atomic E-state index is 12.5. The Bertz CT molecular complexity index is 961. The van der Waals surface area contributed by atoms with Gasteiger partial charge in [-0.1, -0.05) is 53.5 Å². The molecule has 2 aromatic carbocycles. The van der Waals surface area contributed by atoms with Crippen LogP contribution in [0.25, 0.3) is 6.08 Å². The molecule has 1 heterocycles. The Labute approximate surface area is 174 Å². The molecule has 0 fully saturated rings. The fraction of sp³-hybridized carbons (Fsp3) is 0.182. The normalized spacial score (nSPS) is 11.5. The highest BCUT2D eigenvalue weighted by atomic mass is 35.5. The van der Waals surface area contributed by atoms with Crippen molar-refractivity contribution >= 4 is 35.2 Å². The van der Waals surface area contributed by atoms with Gasteiger partial charge in [0.25, 0.3) is 0 Å². The summed E-state index contributed by atoms with van der Waals surface area (Å²) in [6.45, 7) is 2.65. The molecule has 0 atom stereocenters. The first-order valence-corrected chi connectivity index (χ1v) is 9.68. The van der Waals surface area contributed by atoms with Gasteiger partial charge in [-0.15, -0.1) is 0 Å². The number of halogens is 2. The van der Waals surface area contributed by atoms with Crippen LogP contribution in [0.5, 0.6) is 0 Å². The predicted molar refractivity (Wildman–Crippen MR) is 113 cm³/mol. The number of hydrogen-bond acceptors (Lipinski definition) is 3. The van der Waals surface area contributed by atoms with Crippen molar-refractivity contribution < 1.29 is 9.53 Å². The van der Waals surface area contributed by atoms with Crippen LogP contribution < -0.4 is 0 Å². The topological polar surface area (TPSA) is 44.1 Å². The number of aromatic nitrogens is 2. The summed E-state index contributed by atoms with van der Waals surface area (Å²) in [6, 6.07) is 15.2. The van der Waals surface area contributed by atoms with Crippen LogP contribution >= 0.6 is 23.2 Å². The number of carbonyl (C=O) groups is 1. The maximum Gasteiger partial charge on any atom is 0.334 e. The molecule has 0 saturated carbocycles. The van der Waals surface area contributed by atoms with Crippen LogP contribution in [0.2, 0.25) is 10.0 Å². The van der Waals surface area contributed by atoms with Crippen LogP contribution in [0.4, 0.5) is 0 Å². The van der Waals surface area contributed by atoms with Crippen LogP contribution in [-0.4, -0.2) is 22.1 Å². The Morgan fingerprint density at radius 1 is 1.11 bits per heavy atom. The van der Waals surface area contributed by atoms with Crippen LogP contribution in [-0.2, 0) is 22.5 Å². The lowest BCUT2D eigenvalue weighted by atomic mass is 10.0. The van der Waals surface area contributed by atoms with Crippen molar-refractivity contribution in [3.8, 4) is 0 Å². The largest absolute Gasteiger partial charge is 0.463 e. The number of nitrogens with zero attached hydrogens (tertiary/aromatic N) is 2. The van der Waals surface area contributed by atoms with E-state index in [0.717, 1.165) is 11.1 Å². The number of ether oxygens (including phenoxy) is 1. The number of benzene rings is 2. The van der Waals surface area contributed by atoms with E-state index >= 15 is 0 Å². The van der Waals surface area contributed by atoms with Gasteiger partial charge in [-0.05, 0) is 42.3 Å². The molecule has 4 nitrogen and oxygen atoms in total. The van der Waals surface area contributed by atoms with Crippen molar-refractivity contribution in [3.05, 3.63) is 93.5 Å². The molecule has 28 heavy (non-hydrogen) atoms. The molecular weight excluding hydrogens is 395 g/mol. The van der Waals surface area contributed by atoms with E-state index in [1.807, 2.05) is 53.2 Å². The Balaban J connectivity index is 1.90. The summed E-state index contributed by atoms with van der Waals surface area (Å²) in [6.07, 6.45) is 5.79. The van der Waals surface area contributed by atoms with E-state index in [1.165, 1.54) is 0 Å². The van der Waals surface area contributed by atoms with Crippen LogP contribution in [0.3, 0.4) is 0 Å². The molecule has 0 bridgehead atoms. The molecule has 0 saturated heterocycles. The van der Waals surface area contributed by atoms with E-state index < -0.39 is 0 Å². The van der Waals surface area contributed by atoms with Crippen LogP contribution in [0.1, 0.15) is 23.9 Å². The second-order valence-electron chi connectivity index (χ2n) is 6.24. The quantitative estimate of drug-likeness (QED) is 0.382. The zero-order valence-corrected chi connectivity index (χ0v) is 17.0. The molecule has 6 heteroatoms. The highest BCUT2D eigenvalue weighted by Gasteiger charge is 2.14. The lowest BCUT2D eigenvalue weighted by molar-refractivity contribution is -0.138. The van der Waals surface area contributed by atoms with Crippen molar-refractivity contribution in [2.45, 2.75) is 19.9 Å². The molecule has 0 aliphatic rings. The summed E-state index contributed by atoms with van der Waals surface area (Å²) >= 11 is 12.2. The van der Waals surface area contributed by atoms with Crippen molar-refractivity contribution in [3.63, 3.8) is 0 Å². The average Bonchev–Trinajstić information content (AvgIpc) is 3.08. The summed E-state index contributed by atoms with van der Waals surface area (Å²) in [7, 11) is 0. The van der Waals surface area contributed by atoms with Gasteiger partial charge in [-0.3, -0.25) is 0 Å². The van der Waals surface area contributed by atoms with Gasteiger partial charge in [0.15, 0.2) is 0 Å². The van der Waals surface area contributed by atoms with E-state index in [1.54, 1.807) is 25.3 Å². The van der Waals surface area contributed by atoms with Gasteiger partial charge >= 0.3 is 5.97 Å². The van der Waals surface area contributed by atoms with E-state index in [4.69, 9.17) is 27.9 Å². The molecule has 0 aliphatic heterocycles. The molecule has 0 unspecified atom stereocenters. The second-order valence-corrected chi connectivity index (χ2v) is 7.12. The molecule has 0 N–H and O–H groups in total. The Kier molecular flexibility index (Phi) is 6.90. The van der Waals surface area contributed by atoms with Gasteiger partial charge in [0.05, 0.1) is 6.61 Å². The van der Waals surface area contributed by atoms with E-state index in [0.29, 0.717) is 41.0 Å². The predicted octanol–water partition coefficient (Wildman–Crippen LogP) is 5.43. The minimum absolute atomic E-state index is 0.320. The van der Waals surface area contributed by atoms with Crippen LogP contribution in [0.15, 0.2) is 66.5 Å². The maximum absolute atomic E-state index is 12.5. The summed E-state index contributed by atoms with van der Waals surface area (Å²) < 4.78 is 7.17. The third-order valence-electron chi connectivity index (χ3n) is 4.10. The van der Waals surface area contributed by atoms with Crippen molar-refractivity contribution in [2.75, 3.05) is 6.61 Å². The first-order chi connectivity index (χ1) is 13.5. The Morgan fingerprint density at radius 2 is 1.82 bits per heavy atom. The summed E-state index contributed by atoms with van der Waals surface area (Å²) in [5.74, 6) is 0.321. The molecule has 0 aliphatic carbocycles. The van der Waals surface area contributed by atoms with E-state index in [-0.39, 0.29) is 5.97 Å². The van der Waals surface area contributed by atoms with Gasteiger partial charge in [0.1, 0.15) is 5.82 Å². The SMILES string of the molecule is CCOC(=O)/C(=C/c1nccn1Cc1cc(Cl)cc(Cl)c1)Cc1ccccc1. The first kappa shape index (κ1) is 20.2. The highest BCUT2D eigenvalue weighted by molar-refractivity contribution is 6.34. The number of carbonyl (C=O) groups excluding carboxylic acids is 1. The number of esters is 1. The lowest BCUT2D eigenvalue weighted by Crippen LogP contribution is -2.11. The smallest absolute Gasteiger partial charge is 0.334 e. The van der Waals surface area contributed by atoms with E-state index in [2.05, 4.69) is 4.98 Å². The van der Waals surface area contributed by atoms with Crippen LogP contribution in [0, 0.1) is 0 Å². The van der Waals surface area contributed by atoms with Crippen molar-refractivity contribution in [1.29, 1.82) is 0 Å². The fourth-order valence-corrected chi connectivity index (χ4v) is 3.44. The molecule has 0 amide bonds. The Morgan fingerprint density at radius 3 is 2.50 bits per heavy atom. The summed E-state index contributed by atoms with van der Waals surface area (Å²) in [4.78, 5) is 16.9. The monoisotopic (exact) mass is 414 g/mol. The average molecular weight is 415 g/mol. The molecule has 0 radical (unpaired) electrons. The minimum atomic E-state index is -0.341. The number of hydrogen-bond donors (Lipinski definition) is 0.